The van der Waals surface area contributed by atoms with Gasteiger partial charge in [0.1, 0.15) is 0 Å². The molecule has 1 aromatic heterocycles. The number of hydrogen-bond donors (Lipinski definition) is 2. The summed E-state index contributed by atoms with van der Waals surface area (Å²) in [6.45, 7) is 4.07. The molecule has 1 unspecified atom stereocenters. The largest absolute Gasteiger partial charge is 0.329 e. The minimum absolute atomic E-state index is 0.195. The van der Waals surface area contributed by atoms with Crippen molar-refractivity contribution in [1.29, 1.82) is 0 Å². The molecule has 64 valence electrons. The van der Waals surface area contributed by atoms with Crippen LogP contribution in [-0.4, -0.2) is 11.5 Å². The standard InChI is InChI=1S/C9H13N3/c1-2-7-4-3-5-12-9(7)8(11)6-10/h2-5,8H,1,6,10-11H2. The zero-order valence-corrected chi connectivity index (χ0v) is 6.90. The highest BCUT2D eigenvalue weighted by Crippen LogP contribution is 2.12. The van der Waals surface area contributed by atoms with Crippen molar-refractivity contribution in [2.24, 2.45) is 11.5 Å². The molecule has 0 saturated heterocycles. The molecule has 3 heteroatoms. The third kappa shape index (κ3) is 1.69. The molecule has 0 aliphatic carbocycles. The molecule has 0 radical (unpaired) electrons. The van der Waals surface area contributed by atoms with Crippen LogP contribution in [0.1, 0.15) is 17.3 Å². The molecular weight excluding hydrogens is 150 g/mol. The molecule has 0 aliphatic heterocycles. The summed E-state index contributed by atoms with van der Waals surface area (Å²) in [6, 6.07) is 3.58. The molecule has 0 spiro atoms. The maximum Gasteiger partial charge on any atom is 0.0655 e. The SMILES string of the molecule is C=Cc1cccnc1C(N)CN. The summed E-state index contributed by atoms with van der Waals surface area (Å²) in [5.74, 6) is 0. The molecule has 1 heterocycles. The first-order chi connectivity index (χ1) is 5.79. The molecule has 0 saturated carbocycles. The monoisotopic (exact) mass is 163 g/mol. The van der Waals surface area contributed by atoms with Crippen molar-refractivity contribution in [3.8, 4) is 0 Å². The van der Waals surface area contributed by atoms with Gasteiger partial charge in [0.15, 0.2) is 0 Å². The lowest BCUT2D eigenvalue weighted by Crippen LogP contribution is -2.22. The summed E-state index contributed by atoms with van der Waals surface area (Å²) in [6.07, 6.45) is 3.44. The van der Waals surface area contributed by atoms with Crippen LogP contribution in [0.4, 0.5) is 0 Å². The Balaban J connectivity index is 3.04. The summed E-state index contributed by atoms with van der Waals surface area (Å²) < 4.78 is 0. The second-order valence-corrected chi connectivity index (χ2v) is 2.52. The van der Waals surface area contributed by atoms with Gasteiger partial charge in [-0.2, -0.15) is 0 Å². The summed E-state index contributed by atoms with van der Waals surface area (Å²) in [5, 5.41) is 0. The minimum atomic E-state index is -0.195. The summed E-state index contributed by atoms with van der Waals surface area (Å²) in [7, 11) is 0. The Morgan fingerprint density at radius 2 is 2.42 bits per heavy atom. The Labute approximate surface area is 72.1 Å². The first-order valence-corrected chi connectivity index (χ1v) is 3.82. The lowest BCUT2D eigenvalue weighted by Gasteiger charge is -2.10. The summed E-state index contributed by atoms with van der Waals surface area (Å²) in [4.78, 5) is 4.14. The second-order valence-electron chi connectivity index (χ2n) is 2.52. The normalized spacial score (nSPS) is 12.5. The molecule has 4 N–H and O–H groups in total. The Morgan fingerprint density at radius 1 is 1.67 bits per heavy atom. The van der Waals surface area contributed by atoms with E-state index in [0.717, 1.165) is 11.3 Å². The number of nitrogens with zero attached hydrogens (tertiary/aromatic N) is 1. The molecular formula is C9H13N3. The van der Waals surface area contributed by atoms with Crippen LogP contribution in [0.3, 0.4) is 0 Å². The fraction of sp³-hybridized carbons (Fsp3) is 0.222. The van der Waals surface area contributed by atoms with Crippen molar-refractivity contribution in [2.45, 2.75) is 6.04 Å². The predicted molar refractivity (Wildman–Crippen MR) is 50.3 cm³/mol. The molecule has 0 aromatic carbocycles. The van der Waals surface area contributed by atoms with Crippen LogP contribution in [0, 0.1) is 0 Å². The van der Waals surface area contributed by atoms with E-state index in [1.165, 1.54) is 0 Å². The van der Waals surface area contributed by atoms with Crippen molar-refractivity contribution in [1.82, 2.24) is 4.98 Å². The van der Waals surface area contributed by atoms with Gasteiger partial charge in [-0.3, -0.25) is 4.98 Å². The molecule has 3 nitrogen and oxygen atoms in total. The summed E-state index contributed by atoms with van der Waals surface area (Å²) >= 11 is 0. The molecule has 0 bridgehead atoms. The highest BCUT2D eigenvalue weighted by atomic mass is 14.8. The number of hydrogen-bond acceptors (Lipinski definition) is 3. The lowest BCUT2D eigenvalue weighted by molar-refractivity contribution is 0.709. The molecule has 1 aromatic rings. The van der Waals surface area contributed by atoms with Gasteiger partial charge in [-0.05, 0) is 11.6 Å². The first-order valence-electron chi connectivity index (χ1n) is 3.82. The zero-order chi connectivity index (χ0) is 8.97. The van der Waals surface area contributed by atoms with Gasteiger partial charge in [-0.15, -0.1) is 0 Å². The van der Waals surface area contributed by atoms with Crippen LogP contribution >= 0.6 is 0 Å². The van der Waals surface area contributed by atoms with E-state index < -0.39 is 0 Å². The van der Waals surface area contributed by atoms with Crippen LogP contribution in [0.25, 0.3) is 6.08 Å². The topological polar surface area (TPSA) is 64.9 Å². The third-order valence-corrected chi connectivity index (χ3v) is 1.70. The van der Waals surface area contributed by atoms with Crippen LogP contribution < -0.4 is 11.5 Å². The van der Waals surface area contributed by atoms with Gasteiger partial charge < -0.3 is 11.5 Å². The number of aromatic nitrogens is 1. The summed E-state index contributed by atoms with van der Waals surface area (Å²) in [5.41, 5.74) is 12.9. The molecule has 1 atom stereocenters. The van der Waals surface area contributed by atoms with Gasteiger partial charge in [0.05, 0.1) is 11.7 Å². The van der Waals surface area contributed by atoms with Gasteiger partial charge >= 0.3 is 0 Å². The highest BCUT2D eigenvalue weighted by Gasteiger charge is 2.07. The lowest BCUT2D eigenvalue weighted by atomic mass is 10.1. The number of pyridine rings is 1. The average Bonchev–Trinajstić information content (AvgIpc) is 2.16. The second kappa shape index (κ2) is 3.99. The molecule has 0 aliphatic rings. The maximum absolute atomic E-state index is 5.74. The van der Waals surface area contributed by atoms with Crippen molar-refractivity contribution in [3.05, 3.63) is 36.2 Å². The molecule has 0 fully saturated rings. The smallest absolute Gasteiger partial charge is 0.0655 e. The highest BCUT2D eigenvalue weighted by molar-refractivity contribution is 5.50. The molecule has 0 amide bonds. The van der Waals surface area contributed by atoms with Crippen LogP contribution in [0.15, 0.2) is 24.9 Å². The van der Waals surface area contributed by atoms with Gasteiger partial charge in [-0.25, -0.2) is 0 Å². The van der Waals surface area contributed by atoms with E-state index >= 15 is 0 Å². The van der Waals surface area contributed by atoms with Gasteiger partial charge in [0, 0.05) is 12.7 Å². The Hall–Kier alpha value is -1.19. The van der Waals surface area contributed by atoms with Gasteiger partial charge in [-0.1, -0.05) is 18.7 Å². The van der Waals surface area contributed by atoms with Crippen LogP contribution in [-0.2, 0) is 0 Å². The fourth-order valence-corrected chi connectivity index (χ4v) is 1.02. The molecule has 1 rings (SSSR count). The van der Waals surface area contributed by atoms with E-state index in [1.807, 2.05) is 12.1 Å². The van der Waals surface area contributed by atoms with E-state index in [2.05, 4.69) is 11.6 Å². The molecule has 12 heavy (non-hydrogen) atoms. The first kappa shape index (κ1) is 8.90. The average molecular weight is 163 g/mol. The third-order valence-electron chi connectivity index (χ3n) is 1.70. The van der Waals surface area contributed by atoms with E-state index in [1.54, 1.807) is 12.3 Å². The van der Waals surface area contributed by atoms with E-state index in [0.29, 0.717) is 6.54 Å². The van der Waals surface area contributed by atoms with Crippen LogP contribution in [0.2, 0.25) is 0 Å². The van der Waals surface area contributed by atoms with Crippen molar-refractivity contribution >= 4 is 6.08 Å². The van der Waals surface area contributed by atoms with Crippen molar-refractivity contribution in [3.63, 3.8) is 0 Å². The van der Waals surface area contributed by atoms with Crippen molar-refractivity contribution < 1.29 is 0 Å². The van der Waals surface area contributed by atoms with E-state index in [4.69, 9.17) is 11.5 Å². The van der Waals surface area contributed by atoms with E-state index in [-0.39, 0.29) is 6.04 Å². The number of rotatable bonds is 3. The maximum atomic E-state index is 5.74. The predicted octanol–water partition coefficient (Wildman–Crippen LogP) is 0.683. The Kier molecular flexibility index (Phi) is 2.96. The van der Waals surface area contributed by atoms with E-state index in [9.17, 15) is 0 Å². The quantitative estimate of drug-likeness (QED) is 0.688. The zero-order valence-electron chi connectivity index (χ0n) is 6.90. The Bertz CT molecular complexity index is 270. The fourth-order valence-electron chi connectivity index (χ4n) is 1.02. The minimum Gasteiger partial charge on any atom is -0.329 e. The Morgan fingerprint density at radius 3 is 3.00 bits per heavy atom. The number of nitrogens with two attached hydrogens (primary N) is 2. The van der Waals surface area contributed by atoms with Gasteiger partial charge in [0.25, 0.3) is 0 Å². The van der Waals surface area contributed by atoms with Crippen LogP contribution in [0.5, 0.6) is 0 Å². The van der Waals surface area contributed by atoms with Crippen molar-refractivity contribution in [2.75, 3.05) is 6.54 Å². The van der Waals surface area contributed by atoms with Gasteiger partial charge in [0.2, 0.25) is 0 Å².